The first-order chi connectivity index (χ1) is 5.46. The van der Waals surface area contributed by atoms with Crippen molar-refractivity contribution in [3.05, 3.63) is 0 Å². The van der Waals surface area contributed by atoms with Gasteiger partial charge < -0.3 is 4.90 Å². The van der Waals surface area contributed by atoms with Crippen molar-refractivity contribution in [1.29, 1.82) is 0 Å². The summed E-state index contributed by atoms with van der Waals surface area (Å²) >= 11 is 2.02. The van der Waals surface area contributed by atoms with Gasteiger partial charge in [-0.05, 0) is 48.4 Å². The van der Waals surface area contributed by atoms with Gasteiger partial charge in [-0.25, -0.2) is 4.39 Å². The third kappa shape index (κ3) is 1.05. The number of hydrogen-bond acceptors (Lipinski definition) is 1. The molecule has 1 aliphatic carbocycles. The molecule has 2 rings (SSSR count). The van der Waals surface area contributed by atoms with Gasteiger partial charge in [0.05, 0.1) is 0 Å². The van der Waals surface area contributed by atoms with Gasteiger partial charge >= 0.3 is 0 Å². The highest BCUT2D eigenvalue weighted by Crippen LogP contribution is 2.59. The summed E-state index contributed by atoms with van der Waals surface area (Å²) in [4.78, 5) is 2.26. The largest absolute Gasteiger partial charge is 0.305 e. The van der Waals surface area contributed by atoms with Crippen LogP contribution in [0, 0.1) is 11.3 Å². The zero-order valence-electron chi connectivity index (χ0n) is 7.61. The highest BCUT2D eigenvalue weighted by molar-refractivity contribution is 14.1. The van der Waals surface area contributed by atoms with Crippen LogP contribution in [0.5, 0.6) is 0 Å². The Bertz CT molecular complexity index is 207. The van der Waals surface area contributed by atoms with Crippen molar-refractivity contribution in [2.75, 3.05) is 20.1 Å². The van der Waals surface area contributed by atoms with E-state index in [0.717, 1.165) is 25.9 Å². The maximum atomic E-state index is 14.1. The molecule has 0 amide bonds. The summed E-state index contributed by atoms with van der Waals surface area (Å²) in [7, 11) is 2.09. The van der Waals surface area contributed by atoms with Crippen molar-refractivity contribution in [3.8, 4) is 0 Å². The van der Waals surface area contributed by atoms with Gasteiger partial charge in [0.1, 0.15) is 0 Å². The molecule has 3 atom stereocenters. The molecule has 0 bridgehead atoms. The molecule has 0 spiro atoms. The van der Waals surface area contributed by atoms with E-state index >= 15 is 0 Å². The first-order valence-electron chi connectivity index (χ1n) is 4.52. The summed E-state index contributed by atoms with van der Waals surface area (Å²) in [6.45, 7) is 4.13. The van der Waals surface area contributed by atoms with Crippen LogP contribution in [-0.2, 0) is 0 Å². The van der Waals surface area contributed by atoms with Crippen molar-refractivity contribution in [2.24, 2.45) is 11.3 Å². The van der Waals surface area contributed by atoms with Crippen LogP contribution in [-0.4, -0.2) is 28.7 Å². The third-order valence-corrected chi connectivity index (χ3v) is 5.45. The van der Waals surface area contributed by atoms with E-state index in [9.17, 15) is 4.39 Å². The first kappa shape index (κ1) is 9.19. The average Bonchev–Trinajstić information content (AvgIpc) is 2.31. The van der Waals surface area contributed by atoms with Crippen molar-refractivity contribution >= 4 is 22.6 Å². The highest BCUT2D eigenvalue weighted by Gasteiger charge is 2.60. The number of nitrogens with zero attached hydrogens (tertiary/aromatic N) is 1. The van der Waals surface area contributed by atoms with Gasteiger partial charge in [0.15, 0.2) is 3.68 Å². The minimum Gasteiger partial charge on any atom is -0.305 e. The zero-order valence-corrected chi connectivity index (χ0v) is 9.77. The van der Waals surface area contributed by atoms with Crippen LogP contribution < -0.4 is 0 Å². The second kappa shape index (κ2) is 2.56. The fourth-order valence-corrected chi connectivity index (χ4v) is 3.72. The predicted octanol–water partition coefficient (Wildman–Crippen LogP) is 2.45. The van der Waals surface area contributed by atoms with Crippen LogP contribution in [0.3, 0.4) is 0 Å². The molecule has 0 aromatic carbocycles. The lowest BCUT2D eigenvalue weighted by molar-refractivity contribution is 0.128. The number of hydrogen-bond donors (Lipinski definition) is 0. The van der Waals surface area contributed by atoms with E-state index in [-0.39, 0.29) is 5.41 Å². The van der Waals surface area contributed by atoms with Crippen LogP contribution in [0.2, 0.25) is 0 Å². The molecule has 0 radical (unpaired) electrons. The second-order valence-electron chi connectivity index (χ2n) is 4.55. The molecule has 3 unspecified atom stereocenters. The Morgan fingerprint density at radius 3 is 2.83 bits per heavy atom. The van der Waals surface area contributed by atoms with Gasteiger partial charge in [-0.3, -0.25) is 0 Å². The summed E-state index contributed by atoms with van der Waals surface area (Å²) in [5.74, 6) is 0.587. The quantitative estimate of drug-likeness (QED) is 0.487. The Balaban J connectivity index is 2.28. The lowest BCUT2D eigenvalue weighted by atomic mass is 9.82. The average molecular weight is 283 g/mol. The minimum absolute atomic E-state index is 0.0810. The number of likely N-dealkylation sites (tertiary alicyclic amines) is 1. The standard InChI is InChI=1S/C9H15FIN/c1-8-6-12(2)5-7(8)3-4-9(8,10)11/h7H,3-6H2,1-2H3. The second-order valence-corrected chi connectivity index (χ2v) is 6.26. The van der Waals surface area contributed by atoms with Crippen LogP contribution in [0.4, 0.5) is 4.39 Å². The molecular formula is C9H15FIN. The van der Waals surface area contributed by atoms with Gasteiger partial charge in [0.2, 0.25) is 0 Å². The molecule has 0 N–H and O–H groups in total. The lowest BCUT2D eigenvalue weighted by Gasteiger charge is -2.32. The molecular weight excluding hydrogens is 268 g/mol. The van der Waals surface area contributed by atoms with E-state index in [2.05, 4.69) is 18.9 Å². The fraction of sp³-hybridized carbons (Fsp3) is 1.00. The molecule has 12 heavy (non-hydrogen) atoms. The molecule has 1 saturated heterocycles. The molecule has 2 fully saturated rings. The van der Waals surface area contributed by atoms with Crippen molar-refractivity contribution in [3.63, 3.8) is 0 Å². The van der Waals surface area contributed by atoms with Gasteiger partial charge in [-0.2, -0.15) is 0 Å². The number of rotatable bonds is 0. The maximum Gasteiger partial charge on any atom is 0.168 e. The normalized spacial score (nSPS) is 54.5. The predicted molar refractivity (Wildman–Crippen MR) is 56.2 cm³/mol. The Labute approximate surface area is 86.8 Å². The highest BCUT2D eigenvalue weighted by atomic mass is 127. The Hall–Kier alpha value is 0.620. The third-order valence-electron chi connectivity index (χ3n) is 3.67. The lowest BCUT2D eigenvalue weighted by Crippen LogP contribution is -2.37. The van der Waals surface area contributed by atoms with Crippen molar-refractivity contribution in [1.82, 2.24) is 4.90 Å². The Morgan fingerprint density at radius 2 is 2.25 bits per heavy atom. The molecule has 0 aromatic heterocycles. The molecule has 1 aliphatic heterocycles. The van der Waals surface area contributed by atoms with Gasteiger partial charge in [-0.15, -0.1) is 0 Å². The zero-order chi connectivity index (χ0) is 8.98. The van der Waals surface area contributed by atoms with E-state index in [0.29, 0.717) is 5.92 Å². The molecule has 3 heteroatoms. The molecule has 1 heterocycles. The summed E-state index contributed by atoms with van der Waals surface area (Å²) in [5.41, 5.74) is -0.0810. The molecule has 70 valence electrons. The smallest absolute Gasteiger partial charge is 0.168 e. The molecule has 2 aliphatic rings. The Morgan fingerprint density at radius 1 is 1.58 bits per heavy atom. The van der Waals surface area contributed by atoms with Crippen LogP contribution >= 0.6 is 22.6 Å². The van der Waals surface area contributed by atoms with Crippen LogP contribution in [0.25, 0.3) is 0 Å². The minimum atomic E-state index is -0.958. The number of fused-ring (bicyclic) bond motifs is 1. The summed E-state index contributed by atoms with van der Waals surface area (Å²) < 4.78 is 13.1. The first-order valence-corrected chi connectivity index (χ1v) is 5.60. The van der Waals surface area contributed by atoms with E-state index in [1.54, 1.807) is 0 Å². The monoisotopic (exact) mass is 283 g/mol. The van der Waals surface area contributed by atoms with E-state index in [1.165, 1.54) is 0 Å². The number of alkyl halides is 2. The van der Waals surface area contributed by atoms with Gasteiger partial charge in [0, 0.05) is 18.5 Å². The number of halogens is 2. The van der Waals surface area contributed by atoms with E-state index in [4.69, 9.17) is 0 Å². The SMILES string of the molecule is CN1CC2CCC(F)(I)C2(C)C1. The van der Waals surface area contributed by atoms with E-state index in [1.807, 2.05) is 22.6 Å². The van der Waals surface area contributed by atoms with Crippen molar-refractivity contribution in [2.45, 2.75) is 23.4 Å². The van der Waals surface area contributed by atoms with Crippen molar-refractivity contribution < 1.29 is 4.39 Å². The van der Waals surface area contributed by atoms with Gasteiger partial charge in [-0.1, -0.05) is 6.92 Å². The molecule has 0 aromatic rings. The molecule has 1 nitrogen and oxygen atoms in total. The van der Waals surface area contributed by atoms with Crippen LogP contribution in [0.15, 0.2) is 0 Å². The summed E-state index contributed by atoms with van der Waals surface area (Å²) in [5, 5.41) is 0. The topological polar surface area (TPSA) is 3.24 Å². The fourth-order valence-electron chi connectivity index (χ4n) is 2.80. The maximum absolute atomic E-state index is 14.1. The Kier molecular flexibility index (Phi) is 1.96. The summed E-state index contributed by atoms with van der Waals surface area (Å²) in [6.07, 6.45) is 1.82. The molecule has 1 saturated carbocycles. The summed E-state index contributed by atoms with van der Waals surface area (Å²) in [6, 6.07) is 0. The van der Waals surface area contributed by atoms with Crippen LogP contribution in [0.1, 0.15) is 19.8 Å². The van der Waals surface area contributed by atoms with E-state index < -0.39 is 3.68 Å². The van der Waals surface area contributed by atoms with Gasteiger partial charge in [0.25, 0.3) is 0 Å².